The van der Waals surface area contributed by atoms with Crippen molar-refractivity contribution in [3.63, 3.8) is 0 Å². The van der Waals surface area contributed by atoms with Crippen LogP contribution in [-0.4, -0.2) is 16.4 Å². The molecule has 0 unspecified atom stereocenters. The zero-order valence-corrected chi connectivity index (χ0v) is 12.2. The minimum absolute atomic E-state index is 0.200. The van der Waals surface area contributed by atoms with Crippen LogP contribution in [0.1, 0.15) is 16.7 Å². The lowest BCUT2D eigenvalue weighted by Crippen LogP contribution is -2.34. The third kappa shape index (κ3) is 3.41. The highest BCUT2D eigenvalue weighted by molar-refractivity contribution is 5.27. The second-order valence-electron chi connectivity index (χ2n) is 4.84. The molecule has 0 amide bonds. The molecule has 0 radical (unpaired) electrons. The van der Waals surface area contributed by atoms with Crippen LogP contribution in [0.15, 0.2) is 33.9 Å². The molecule has 1 aromatic heterocycles. The van der Waals surface area contributed by atoms with E-state index < -0.39 is 0 Å². The van der Waals surface area contributed by atoms with E-state index in [-0.39, 0.29) is 17.7 Å². The van der Waals surface area contributed by atoms with Crippen molar-refractivity contribution in [3.8, 4) is 5.75 Å². The molecule has 0 aliphatic carbocycles. The number of rotatable bonds is 5. The Hall–Kier alpha value is -2.34. The summed E-state index contributed by atoms with van der Waals surface area (Å²) in [6, 6.07) is 7.43. The van der Waals surface area contributed by atoms with E-state index in [4.69, 9.17) is 10.5 Å². The van der Waals surface area contributed by atoms with E-state index in [0.717, 1.165) is 5.56 Å². The Morgan fingerprint density at radius 3 is 2.43 bits per heavy atom. The van der Waals surface area contributed by atoms with Gasteiger partial charge in [-0.3, -0.25) is 14.7 Å². The van der Waals surface area contributed by atoms with Crippen LogP contribution in [0.2, 0.25) is 0 Å². The van der Waals surface area contributed by atoms with Crippen LogP contribution >= 0.6 is 0 Å². The number of hydrogen-bond acceptors (Lipinski definition) is 4. The molecule has 0 spiro atoms. The molecular formula is C15H19N3O3. The highest BCUT2D eigenvalue weighted by atomic mass is 16.5. The van der Waals surface area contributed by atoms with Gasteiger partial charge in [-0.25, -0.2) is 4.68 Å². The first-order valence-corrected chi connectivity index (χ1v) is 6.75. The molecule has 2 rings (SSSR count). The zero-order chi connectivity index (χ0) is 15.4. The molecule has 0 aliphatic heterocycles. The highest BCUT2D eigenvalue weighted by Gasteiger charge is 2.07. The predicted octanol–water partition coefficient (Wildman–Crippen LogP) is 0.691. The maximum atomic E-state index is 12.0. The van der Waals surface area contributed by atoms with E-state index in [1.807, 2.05) is 24.3 Å². The molecule has 0 saturated carbocycles. The van der Waals surface area contributed by atoms with Gasteiger partial charge in [0, 0.05) is 17.7 Å². The van der Waals surface area contributed by atoms with Crippen molar-refractivity contribution >= 4 is 0 Å². The second kappa shape index (κ2) is 6.41. The van der Waals surface area contributed by atoms with Crippen molar-refractivity contribution in [2.75, 3.05) is 6.61 Å². The van der Waals surface area contributed by atoms with Gasteiger partial charge in [0.2, 0.25) is 0 Å². The van der Waals surface area contributed by atoms with Gasteiger partial charge in [-0.15, -0.1) is 0 Å². The molecule has 2 aromatic rings. The quantitative estimate of drug-likeness (QED) is 0.847. The molecular weight excluding hydrogens is 270 g/mol. The second-order valence-corrected chi connectivity index (χ2v) is 4.84. The van der Waals surface area contributed by atoms with Crippen molar-refractivity contribution < 1.29 is 4.74 Å². The molecule has 112 valence electrons. The predicted molar refractivity (Wildman–Crippen MR) is 80.6 cm³/mol. The lowest BCUT2D eigenvalue weighted by molar-refractivity contribution is 0.286. The molecule has 0 atom stereocenters. The summed E-state index contributed by atoms with van der Waals surface area (Å²) in [7, 11) is 0. The van der Waals surface area contributed by atoms with Gasteiger partial charge in [0.15, 0.2) is 0 Å². The Morgan fingerprint density at radius 2 is 1.81 bits per heavy atom. The van der Waals surface area contributed by atoms with E-state index >= 15 is 0 Å². The maximum absolute atomic E-state index is 12.0. The maximum Gasteiger partial charge on any atom is 0.268 e. The van der Waals surface area contributed by atoms with Crippen molar-refractivity contribution in [2.24, 2.45) is 5.73 Å². The zero-order valence-electron chi connectivity index (χ0n) is 12.2. The number of nitrogens with one attached hydrogen (secondary N) is 1. The van der Waals surface area contributed by atoms with E-state index in [1.165, 1.54) is 4.68 Å². The standard InChI is InChI=1S/C15H19N3O3/c1-10-11(2)15(20)18(17-14(10)19)7-8-21-13-5-3-12(9-16)4-6-13/h3-6H,7-9,16H2,1-2H3,(H,17,19). The van der Waals surface area contributed by atoms with Gasteiger partial charge in [0.1, 0.15) is 12.4 Å². The Bertz CT molecular complexity index is 729. The molecule has 1 heterocycles. The minimum Gasteiger partial charge on any atom is -0.492 e. The van der Waals surface area contributed by atoms with Gasteiger partial charge in [-0.2, -0.15) is 0 Å². The van der Waals surface area contributed by atoms with E-state index in [1.54, 1.807) is 13.8 Å². The minimum atomic E-state index is -0.251. The molecule has 6 heteroatoms. The van der Waals surface area contributed by atoms with Crippen LogP contribution in [0.4, 0.5) is 0 Å². The molecule has 0 fully saturated rings. The Kier molecular flexibility index (Phi) is 4.59. The number of benzene rings is 1. The molecule has 21 heavy (non-hydrogen) atoms. The Labute approximate surface area is 122 Å². The third-order valence-electron chi connectivity index (χ3n) is 3.45. The summed E-state index contributed by atoms with van der Waals surface area (Å²) in [6.45, 7) is 4.35. The van der Waals surface area contributed by atoms with E-state index in [9.17, 15) is 9.59 Å². The summed E-state index contributed by atoms with van der Waals surface area (Å²) < 4.78 is 6.83. The molecule has 0 saturated heterocycles. The lowest BCUT2D eigenvalue weighted by Gasteiger charge is -2.10. The number of nitrogens with zero attached hydrogens (tertiary/aromatic N) is 1. The summed E-state index contributed by atoms with van der Waals surface area (Å²) in [6.07, 6.45) is 0. The van der Waals surface area contributed by atoms with Crippen molar-refractivity contribution in [2.45, 2.75) is 26.9 Å². The van der Waals surface area contributed by atoms with Gasteiger partial charge in [-0.1, -0.05) is 12.1 Å². The fourth-order valence-electron chi connectivity index (χ4n) is 1.92. The van der Waals surface area contributed by atoms with Crippen LogP contribution in [-0.2, 0) is 13.1 Å². The average Bonchev–Trinajstić information content (AvgIpc) is 2.51. The summed E-state index contributed by atoms with van der Waals surface area (Å²) in [4.78, 5) is 23.6. The number of hydrogen-bond donors (Lipinski definition) is 2. The largest absolute Gasteiger partial charge is 0.492 e. The molecule has 6 nitrogen and oxygen atoms in total. The molecule has 0 bridgehead atoms. The fourth-order valence-corrected chi connectivity index (χ4v) is 1.92. The Balaban J connectivity index is 2.03. The monoisotopic (exact) mass is 289 g/mol. The topological polar surface area (TPSA) is 90.1 Å². The number of nitrogens with two attached hydrogens (primary N) is 1. The number of aromatic nitrogens is 2. The van der Waals surface area contributed by atoms with Gasteiger partial charge >= 0.3 is 0 Å². The van der Waals surface area contributed by atoms with Gasteiger partial charge < -0.3 is 10.5 Å². The number of ether oxygens (including phenoxy) is 1. The summed E-state index contributed by atoms with van der Waals surface area (Å²) >= 11 is 0. The molecule has 1 aromatic carbocycles. The van der Waals surface area contributed by atoms with Gasteiger partial charge in [0.25, 0.3) is 11.1 Å². The number of aromatic amines is 1. The van der Waals surface area contributed by atoms with Crippen LogP contribution < -0.4 is 21.6 Å². The molecule has 0 aliphatic rings. The Morgan fingerprint density at radius 1 is 1.14 bits per heavy atom. The summed E-state index contributed by atoms with van der Waals surface area (Å²) in [5.41, 5.74) is 7.01. The first-order chi connectivity index (χ1) is 10.0. The summed E-state index contributed by atoms with van der Waals surface area (Å²) in [5, 5.41) is 2.54. The summed E-state index contributed by atoms with van der Waals surface area (Å²) in [5.74, 6) is 0.700. The SMILES string of the molecule is Cc1c(C)c(=O)n(CCOc2ccc(CN)cc2)[nH]c1=O. The highest BCUT2D eigenvalue weighted by Crippen LogP contribution is 2.11. The smallest absolute Gasteiger partial charge is 0.268 e. The normalized spacial score (nSPS) is 10.6. The lowest BCUT2D eigenvalue weighted by atomic mass is 10.2. The van der Waals surface area contributed by atoms with Gasteiger partial charge in [0.05, 0.1) is 6.54 Å². The van der Waals surface area contributed by atoms with Crippen LogP contribution in [0, 0.1) is 13.8 Å². The molecule has 3 N–H and O–H groups in total. The van der Waals surface area contributed by atoms with E-state index in [0.29, 0.717) is 30.0 Å². The van der Waals surface area contributed by atoms with Gasteiger partial charge in [-0.05, 0) is 31.5 Å². The van der Waals surface area contributed by atoms with Crippen LogP contribution in [0.3, 0.4) is 0 Å². The fraction of sp³-hybridized carbons (Fsp3) is 0.333. The van der Waals surface area contributed by atoms with Crippen LogP contribution in [0.5, 0.6) is 5.75 Å². The van der Waals surface area contributed by atoms with Crippen molar-refractivity contribution in [1.29, 1.82) is 0 Å². The van der Waals surface area contributed by atoms with E-state index in [2.05, 4.69) is 5.10 Å². The third-order valence-corrected chi connectivity index (χ3v) is 3.45. The number of H-pyrrole nitrogens is 1. The van der Waals surface area contributed by atoms with Crippen molar-refractivity contribution in [3.05, 3.63) is 61.7 Å². The van der Waals surface area contributed by atoms with Crippen LogP contribution in [0.25, 0.3) is 0 Å². The first kappa shape index (κ1) is 15.1. The average molecular weight is 289 g/mol. The first-order valence-electron chi connectivity index (χ1n) is 6.75. The van der Waals surface area contributed by atoms with Crippen molar-refractivity contribution in [1.82, 2.24) is 9.78 Å².